The highest BCUT2D eigenvalue weighted by molar-refractivity contribution is 7.13. The third-order valence-corrected chi connectivity index (χ3v) is 3.31. The Labute approximate surface area is 103 Å². The molecule has 0 fully saturated rings. The van der Waals surface area contributed by atoms with Crippen molar-refractivity contribution in [2.24, 2.45) is 0 Å². The largest absolute Gasteiger partial charge is 0.369 e. The lowest BCUT2D eigenvalue weighted by molar-refractivity contribution is -0.384. The summed E-state index contributed by atoms with van der Waals surface area (Å²) in [5.74, 6) is 0.752. The van der Waals surface area contributed by atoms with Crippen LogP contribution in [0.3, 0.4) is 0 Å². The lowest BCUT2D eigenvalue weighted by Crippen LogP contribution is -2.01. The fourth-order valence-electron chi connectivity index (χ4n) is 1.55. The molecule has 1 aromatic heterocycles. The standard InChI is InChI=1S/C11H13N3O2S/c1-2-3-6-12-11-9-7-8(14(15)16)4-5-10(9)17-13-11/h4-5,7H,2-3,6H2,1H3,(H,12,13). The van der Waals surface area contributed by atoms with Crippen molar-refractivity contribution in [1.82, 2.24) is 4.37 Å². The Morgan fingerprint density at radius 3 is 3.06 bits per heavy atom. The first-order chi connectivity index (χ1) is 8.22. The molecule has 1 N–H and O–H groups in total. The Bertz CT molecular complexity index is 538. The minimum absolute atomic E-state index is 0.108. The lowest BCUT2D eigenvalue weighted by Gasteiger charge is -2.01. The maximum absolute atomic E-state index is 10.7. The Hall–Kier alpha value is -1.69. The lowest BCUT2D eigenvalue weighted by atomic mass is 10.2. The molecule has 0 atom stereocenters. The van der Waals surface area contributed by atoms with Crippen molar-refractivity contribution in [2.45, 2.75) is 19.8 Å². The van der Waals surface area contributed by atoms with E-state index in [0.717, 1.165) is 35.3 Å². The first kappa shape index (κ1) is 11.8. The number of nitro benzene ring substituents is 1. The van der Waals surface area contributed by atoms with E-state index in [2.05, 4.69) is 16.6 Å². The van der Waals surface area contributed by atoms with E-state index in [-0.39, 0.29) is 10.6 Å². The van der Waals surface area contributed by atoms with E-state index in [1.54, 1.807) is 12.1 Å². The van der Waals surface area contributed by atoms with E-state index in [0.29, 0.717) is 0 Å². The van der Waals surface area contributed by atoms with Crippen LogP contribution in [0, 0.1) is 10.1 Å². The van der Waals surface area contributed by atoms with Gasteiger partial charge in [0.1, 0.15) is 5.82 Å². The molecule has 90 valence electrons. The van der Waals surface area contributed by atoms with Gasteiger partial charge in [-0.15, -0.1) is 0 Å². The van der Waals surface area contributed by atoms with Gasteiger partial charge in [0.15, 0.2) is 0 Å². The van der Waals surface area contributed by atoms with E-state index in [9.17, 15) is 10.1 Å². The predicted molar refractivity (Wildman–Crippen MR) is 69.7 cm³/mol. The molecule has 0 saturated carbocycles. The van der Waals surface area contributed by atoms with Crippen LogP contribution < -0.4 is 5.32 Å². The maximum atomic E-state index is 10.7. The molecule has 2 rings (SSSR count). The van der Waals surface area contributed by atoms with Crippen LogP contribution in [0.25, 0.3) is 10.1 Å². The average Bonchev–Trinajstić information content (AvgIpc) is 2.72. The number of nitro groups is 1. The number of nitrogens with zero attached hydrogens (tertiary/aromatic N) is 2. The Morgan fingerprint density at radius 1 is 1.53 bits per heavy atom. The van der Waals surface area contributed by atoms with E-state index < -0.39 is 0 Å². The molecule has 0 unspecified atom stereocenters. The second-order valence-electron chi connectivity index (χ2n) is 3.75. The minimum Gasteiger partial charge on any atom is -0.369 e. The summed E-state index contributed by atoms with van der Waals surface area (Å²) in [4.78, 5) is 10.3. The molecule has 0 aliphatic rings. The molecule has 0 aliphatic heterocycles. The van der Waals surface area contributed by atoms with E-state index >= 15 is 0 Å². The third kappa shape index (κ3) is 2.52. The van der Waals surface area contributed by atoms with Crippen LogP contribution in [0.1, 0.15) is 19.8 Å². The zero-order valence-corrected chi connectivity index (χ0v) is 10.3. The molecule has 1 heterocycles. The van der Waals surface area contributed by atoms with Crippen LogP contribution in [0.5, 0.6) is 0 Å². The van der Waals surface area contributed by atoms with Gasteiger partial charge in [0.2, 0.25) is 0 Å². The molecule has 0 saturated heterocycles. The zero-order chi connectivity index (χ0) is 12.3. The van der Waals surface area contributed by atoms with Crippen molar-refractivity contribution in [3.8, 4) is 0 Å². The monoisotopic (exact) mass is 251 g/mol. The number of rotatable bonds is 5. The molecule has 2 aromatic rings. The molecule has 0 radical (unpaired) electrons. The van der Waals surface area contributed by atoms with Gasteiger partial charge < -0.3 is 5.32 Å². The second-order valence-corrected chi connectivity index (χ2v) is 4.55. The highest BCUT2D eigenvalue weighted by Gasteiger charge is 2.11. The van der Waals surface area contributed by atoms with Crippen LogP contribution in [-0.4, -0.2) is 15.8 Å². The number of hydrogen-bond donors (Lipinski definition) is 1. The summed E-state index contributed by atoms with van der Waals surface area (Å²) in [6.45, 7) is 2.96. The summed E-state index contributed by atoms with van der Waals surface area (Å²) < 4.78 is 5.24. The summed E-state index contributed by atoms with van der Waals surface area (Å²) in [6, 6.07) is 4.83. The quantitative estimate of drug-likeness (QED) is 0.502. The zero-order valence-electron chi connectivity index (χ0n) is 9.47. The Morgan fingerprint density at radius 2 is 2.35 bits per heavy atom. The maximum Gasteiger partial charge on any atom is 0.270 e. The highest BCUT2D eigenvalue weighted by Crippen LogP contribution is 2.30. The number of nitrogens with one attached hydrogen (secondary N) is 1. The summed E-state index contributed by atoms with van der Waals surface area (Å²) in [6.07, 6.45) is 2.17. The Kier molecular flexibility index (Phi) is 3.53. The molecule has 6 heteroatoms. The van der Waals surface area contributed by atoms with Crippen LogP contribution in [-0.2, 0) is 0 Å². The fraction of sp³-hybridized carbons (Fsp3) is 0.364. The number of hydrogen-bond acceptors (Lipinski definition) is 5. The van der Waals surface area contributed by atoms with E-state index in [1.165, 1.54) is 17.6 Å². The number of fused-ring (bicyclic) bond motifs is 1. The van der Waals surface area contributed by atoms with Gasteiger partial charge in [0.25, 0.3) is 5.69 Å². The average molecular weight is 251 g/mol. The number of benzene rings is 1. The molecule has 0 spiro atoms. The molecular formula is C11H13N3O2S. The molecule has 17 heavy (non-hydrogen) atoms. The van der Waals surface area contributed by atoms with Crippen LogP contribution in [0.4, 0.5) is 11.5 Å². The van der Waals surface area contributed by atoms with Crippen LogP contribution in [0.2, 0.25) is 0 Å². The molecule has 0 aliphatic carbocycles. The number of anilines is 1. The van der Waals surface area contributed by atoms with Crippen molar-refractivity contribution in [2.75, 3.05) is 11.9 Å². The molecule has 1 aromatic carbocycles. The normalized spacial score (nSPS) is 10.6. The Balaban J connectivity index is 2.30. The minimum atomic E-state index is -0.382. The van der Waals surface area contributed by atoms with Crippen molar-refractivity contribution < 1.29 is 4.92 Å². The summed E-state index contributed by atoms with van der Waals surface area (Å²) in [5, 5.41) is 14.8. The summed E-state index contributed by atoms with van der Waals surface area (Å²) in [5.41, 5.74) is 0.108. The fourth-order valence-corrected chi connectivity index (χ4v) is 2.29. The second kappa shape index (κ2) is 5.09. The van der Waals surface area contributed by atoms with E-state index in [4.69, 9.17) is 0 Å². The van der Waals surface area contributed by atoms with Gasteiger partial charge in [0, 0.05) is 24.1 Å². The van der Waals surface area contributed by atoms with Crippen LogP contribution in [0.15, 0.2) is 18.2 Å². The van der Waals surface area contributed by atoms with E-state index in [1.807, 2.05) is 0 Å². The molecule has 0 amide bonds. The van der Waals surface area contributed by atoms with Gasteiger partial charge in [-0.2, -0.15) is 4.37 Å². The first-order valence-electron chi connectivity index (χ1n) is 5.50. The molecule has 0 bridgehead atoms. The van der Waals surface area contributed by atoms with Crippen molar-refractivity contribution >= 4 is 33.1 Å². The smallest absolute Gasteiger partial charge is 0.270 e. The van der Waals surface area contributed by atoms with Gasteiger partial charge in [-0.3, -0.25) is 10.1 Å². The van der Waals surface area contributed by atoms with Crippen molar-refractivity contribution in [3.63, 3.8) is 0 Å². The number of non-ortho nitro benzene ring substituents is 1. The van der Waals surface area contributed by atoms with Gasteiger partial charge in [0.05, 0.1) is 9.62 Å². The van der Waals surface area contributed by atoms with Crippen molar-refractivity contribution in [1.29, 1.82) is 0 Å². The highest BCUT2D eigenvalue weighted by atomic mass is 32.1. The predicted octanol–water partition coefficient (Wildman–Crippen LogP) is 3.42. The van der Waals surface area contributed by atoms with Gasteiger partial charge in [-0.25, -0.2) is 0 Å². The first-order valence-corrected chi connectivity index (χ1v) is 6.27. The molecule has 5 nitrogen and oxygen atoms in total. The number of aromatic nitrogens is 1. The van der Waals surface area contributed by atoms with Gasteiger partial charge in [-0.1, -0.05) is 13.3 Å². The van der Waals surface area contributed by atoms with Gasteiger partial charge in [-0.05, 0) is 24.0 Å². The third-order valence-electron chi connectivity index (χ3n) is 2.49. The van der Waals surface area contributed by atoms with Gasteiger partial charge >= 0.3 is 0 Å². The number of unbranched alkanes of at least 4 members (excludes halogenated alkanes) is 1. The summed E-state index contributed by atoms with van der Waals surface area (Å²) >= 11 is 1.36. The van der Waals surface area contributed by atoms with Crippen molar-refractivity contribution in [3.05, 3.63) is 28.3 Å². The van der Waals surface area contributed by atoms with Crippen LogP contribution >= 0.6 is 11.5 Å². The molecular weight excluding hydrogens is 238 g/mol. The summed E-state index contributed by atoms with van der Waals surface area (Å²) in [7, 11) is 0. The SMILES string of the molecule is CCCCNc1nsc2ccc([N+](=O)[O-])cc12. The topological polar surface area (TPSA) is 68.1 Å².